The fraction of sp³-hybridized carbons (Fsp3) is 0.200. The fourth-order valence-corrected chi connectivity index (χ4v) is 2.98. The molecule has 0 unspecified atom stereocenters. The molecule has 3 aromatic heterocycles. The Morgan fingerprint density at radius 3 is 2.30 bits per heavy atom. The smallest absolute Gasteiger partial charge is 0.314 e. The Kier molecular flexibility index (Phi) is 2.46. The van der Waals surface area contributed by atoms with E-state index in [2.05, 4.69) is 4.98 Å². The van der Waals surface area contributed by atoms with Gasteiger partial charge >= 0.3 is 5.69 Å². The van der Waals surface area contributed by atoms with Crippen LogP contribution < -0.4 is 16.8 Å². The second-order valence-electron chi connectivity index (χ2n) is 5.51. The van der Waals surface area contributed by atoms with E-state index in [1.807, 2.05) is 12.1 Å². The molecule has 4 aromatic rings. The second kappa shape index (κ2) is 4.19. The Bertz CT molecular complexity index is 1300. The van der Waals surface area contributed by atoms with Crippen LogP contribution >= 0.6 is 0 Å². The van der Waals surface area contributed by atoms with Crippen molar-refractivity contribution in [3.8, 4) is 0 Å². The number of para-hydroxylation sites is 1. The van der Waals surface area contributed by atoms with Gasteiger partial charge in [0.05, 0.1) is 10.9 Å². The molecule has 3 heterocycles. The molecule has 0 aliphatic carbocycles. The van der Waals surface area contributed by atoms with Crippen LogP contribution in [-0.4, -0.2) is 23.1 Å². The van der Waals surface area contributed by atoms with Gasteiger partial charge in [0.2, 0.25) is 5.78 Å². The van der Waals surface area contributed by atoms with E-state index in [4.69, 9.17) is 0 Å². The summed E-state index contributed by atoms with van der Waals surface area (Å²) in [5.41, 5.74) is -0.334. The van der Waals surface area contributed by atoms with Gasteiger partial charge in [-0.2, -0.15) is 4.98 Å². The van der Waals surface area contributed by atoms with Crippen molar-refractivity contribution < 1.29 is 0 Å². The summed E-state index contributed by atoms with van der Waals surface area (Å²) in [5, 5.41) is 0.484. The van der Waals surface area contributed by atoms with Gasteiger partial charge in [-0.1, -0.05) is 12.1 Å². The Labute approximate surface area is 128 Å². The molecule has 1 aromatic carbocycles. The third-order valence-corrected chi connectivity index (χ3v) is 4.24. The third-order valence-electron chi connectivity index (χ3n) is 4.24. The van der Waals surface area contributed by atoms with E-state index >= 15 is 0 Å². The normalized spacial score (nSPS) is 11.8. The quantitative estimate of drug-likeness (QED) is 0.448. The van der Waals surface area contributed by atoms with Crippen molar-refractivity contribution in [1.29, 1.82) is 0 Å². The molecule has 23 heavy (non-hydrogen) atoms. The van der Waals surface area contributed by atoms with Gasteiger partial charge < -0.3 is 4.57 Å². The maximum atomic E-state index is 12.8. The number of hydrogen-bond acceptors (Lipinski definition) is 4. The highest BCUT2D eigenvalue weighted by Gasteiger charge is 2.19. The van der Waals surface area contributed by atoms with Crippen molar-refractivity contribution in [3.05, 3.63) is 55.5 Å². The van der Waals surface area contributed by atoms with Crippen molar-refractivity contribution in [3.63, 3.8) is 0 Å². The Hall–Kier alpha value is -3.16. The molecule has 8 heteroatoms. The maximum absolute atomic E-state index is 12.8. The van der Waals surface area contributed by atoms with E-state index in [0.29, 0.717) is 16.7 Å². The monoisotopic (exact) mass is 311 g/mol. The van der Waals surface area contributed by atoms with Crippen LogP contribution in [-0.2, 0) is 21.1 Å². The lowest BCUT2D eigenvalue weighted by molar-refractivity contribution is 0.707. The average molecular weight is 311 g/mol. The highest BCUT2D eigenvalue weighted by atomic mass is 16.2. The molecule has 0 amide bonds. The number of fused-ring (bicyclic) bond motifs is 4. The maximum Gasteiger partial charge on any atom is 0.332 e. The summed E-state index contributed by atoms with van der Waals surface area (Å²) in [5.74, 6) is 0.321. The predicted octanol–water partition coefficient (Wildman–Crippen LogP) is -0.263. The largest absolute Gasteiger partial charge is 0.332 e. The van der Waals surface area contributed by atoms with Gasteiger partial charge in [-0.3, -0.25) is 18.7 Å². The molecular weight excluding hydrogens is 298 g/mol. The Balaban J connectivity index is 2.49. The second-order valence-corrected chi connectivity index (χ2v) is 5.51. The number of aryl methyl sites for hydroxylation is 2. The van der Waals surface area contributed by atoms with Crippen LogP contribution in [0.5, 0.6) is 0 Å². The minimum absolute atomic E-state index is 0.107. The topological polar surface area (TPSA) is 83.3 Å². The molecule has 0 aliphatic rings. The van der Waals surface area contributed by atoms with Gasteiger partial charge in [-0.25, -0.2) is 9.20 Å². The van der Waals surface area contributed by atoms with Crippen molar-refractivity contribution in [2.45, 2.75) is 0 Å². The summed E-state index contributed by atoms with van der Waals surface area (Å²) < 4.78 is 5.26. The molecule has 0 atom stereocenters. The number of nitrogens with zero attached hydrogens (tertiary/aromatic N) is 5. The summed E-state index contributed by atoms with van der Waals surface area (Å²) in [7, 11) is 4.68. The first kappa shape index (κ1) is 13.5. The van der Waals surface area contributed by atoms with Gasteiger partial charge in [0.25, 0.3) is 11.1 Å². The van der Waals surface area contributed by atoms with E-state index < -0.39 is 11.2 Å². The summed E-state index contributed by atoms with van der Waals surface area (Å²) >= 11 is 0. The fourth-order valence-electron chi connectivity index (χ4n) is 2.98. The first-order valence-electron chi connectivity index (χ1n) is 6.99. The molecule has 4 rings (SSSR count). The van der Waals surface area contributed by atoms with Gasteiger partial charge in [0.15, 0.2) is 11.2 Å². The van der Waals surface area contributed by atoms with E-state index in [9.17, 15) is 14.4 Å². The highest BCUT2D eigenvalue weighted by Crippen LogP contribution is 2.15. The van der Waals surface area contributed by atoms with Crippen LogP contribution in [0.2, 0.25) is 0 Å². The molecule has 0 saturated carbocycles. The van der Waals surface area contributed by atoms with Gasteiger partial charge in [-0.15, -0.1) is 0 Å². The number of benzene rings is 1. The summed E-state index contributed by atoms with van der Waals surface area (Å²) in [4.78, 5) is 41.8. The Morgan fingerprint density at radius 2 is 1.57 bits per heavy atom. The molecule has 0 spiro atoms. The highest BCUT2D eigenvalue weighted by molar-refractivity contribution is 5.84. The molecule has 116 valence electrons. The van der Waals surface area contributed by atoms with Crippen LogP contribution in [0.15, 0.2) is 38.6 Å². The number of hydrogen-bond donors (Lipinski definition) is 0. The molecular formula is C15H13N5O3. The van der Waals surface area contributed by atoms with Crippen molar-refractivity contribution >= 4 is 27.8 Å². The van der Waals surface area contributed by atoms with Crippen LogP contribution in [0.1, 0.15) is 0 Å². The van der Waals surface area contributed by atoms with E-state index in [0.717, 1.165) is 4.57 Å². The average Bonchev–Trinajstić information content (AvgIpc) is 2.97. The lowest BCUT2D eigenvalue weighted by Crippen LogP contribution is -2.37. The summed E-state index contributed by atoms with van der Waals surface area (Å²) in [6.07, 6.45) is 0. The van der Waals surface area contributed by atoms with Crippen LogP contribution in [0.3, 0.4) is 0 Å². The van der Waals surface area contributed by atoms with Crippen molar-refractivity contribution in [1.82, 2.24) is 23.1 Å². The van der Waals surface area contributed by atoms with E-state index in [-0.39, 0.29) is 16.7 Å². The van der Waals surface area contributed by atoms with Crippen LogP contribution in [0.25, 0.3) is 27.8 Å². The molecule has 8 nitrogen and oxygen atoms in total. The number of imidazole rings is 1. The zero-order chi connectivity index (χ0) is 16.5. The first-order valence-corrected chi connectivity index (χ1v) is 6.99. The van der Waals surface area contributed by atoms with Gasteiger partial charge in [0.1, 0.15) is 0 Å². The lowest BCUT2D eigenvalue weighted by atomic mass is 10.2. The lowest BCUT2D eigenvalue weighted by Gasteiger charge is -2.07. The zero-order valence-corrected chi connectivity index (χ0v) is 12.8. The molecule has 0 N–H and O–H groups in total. The summed E-state index contributed by atoms with van der Waals surface area (Å²) in [6.45, 7) is 0. The third kappa shape index (κ3) is 1.49. The molecule has 0 radical (unpaired) electrons. The molecule has 0 fully saturated rings. The van der Waals surface area contributed by atoms with Gasteiger partial charge in [-0.05, 0) is 12.1 Å². The van der Waals surface area contributed by atoms with E-state index in [1.54, 1.807) is 23.7 Å². The SMILES string of the molecule is Cn1c(=O)c2c(nc3n(C)c4ccccc4c(=O)n23)n(C)c1=O. The van der Waals surface area contributed by atoms with Crippen molar-refractivity contribution in [2.75, 3.05) is 0 Å². The predicted molar refractivity (Wildman–Crippen MR) is 85.9 cm³/mol. The summed E-state index contributed by atoms with van der Waals surface area (Å²) in [6, 6.07) is 7.11. The van der Waals surface area contributed by atoms with Crippen LogP contribution in [0, 0.1) is 0 Å². The number of aromatic nitrogens is 5. The standard InChI is InChI=1S/C15H13N5O3/c1-17-9-7-5-4-6-8(9)12(21)20-10-11(16-14(17)20)18(2)15(23)19(3)13(10)22/h4-7H,1-3H3. The minimum atomic E-state index is -0.539. The van der Waals surface area contributed by atoms with E-state index in [1.165, 1.54) is 23.1 Å². The zero-order valence-electron chi connectivity index (χ0n) is 12.8. The minimum Gasteiger partial charge on any atom is -0.314 e. The van der Waals surface area contributed by atoms with Crippen molar-refractivity contribution in [2.24, 2.45) is 21.1 Å². The molecule has 0 bridgehead atoms. The molecule has 0 aliphatic heterocycles. The molecule has 0 saturated heterocycles. The van der Waals surface area contributed by atoms with Gasteiger partial charge in [0, 0.05) is 21.1 Å². The number of rotatable bonds is 0. The Morgan fingerprint density at radius 1 is 0.870 bits per heavy atom. The van der Waals surface area contributed by atoms with Crippen LogP contribution in [0.4, 0.5) is 0 Å². The first-order chi connectivity index (χ1) is 10.9.